The van der Waals surface area contributed by atoms with Crippen molar-refractivity contribution < 1.29 is 36.4 Å². The molecule has 30 heavy (non-hydrogen) atoms. The third-order valence-electron chi connectivity index (χ3n) is 4.66. The highest BCUT2D eigenvalue weighted by Gasteiger charge is 2.54. The molecule has 0 saturated heterocycles. The molecule has 0 rings (SSSR count). The van der Waals surface area contributed by atoms with Crippen LogP contribution in [0, 0.1) is 0 Å². The summed E-state index contributed by atoms with van der Waals surface area (Å²) in [4.78, 5) is 12.2. The molecule has 0 unspecified atom stereocenters. The first-order valence-corrected chi connectivity index (χ1v) is 14.7. The van der Waals surface area contributed by atoms with Crippen LogP contribution < -0.4 is 5.32 Å². The van der Waals surface area contributed by atoms with Crippen molar-refractivity contribution >= 4 is 22.0 Å². The molecule has 180 valence electrons. The standard InChI is InChI=1S/C19H40F2NO6PSi/c1-11-25-29(24,26-12-2)19(20,21)13-15(22-16(23)28-17(3,4)5)14-27-30(9,10)18(6,7)8/h15H,11-14H2,1-10H3,(H,22,23)/t15-/m0/s1. The molecule has 0 saturated carbocycles. The van der Waals surface area contributed by atoms with Crippen molar-refractivity contribution in [3.63, 3.8) is 0 Å². The van der Waals surface area contributed by atoms with E-state index in [1.165, 1.54) is 13.8 Å². The zero-order valence-corrected chi connectivity index (χ0v) is 22.0. The lowest BCUT2D eigenvalue weighted by Gasteiger charge is -2.38. The summed E-state index contributed by atoms with van der Waals surface area (Å²) in [7, 11) is -7.01. The second-order valence-corrected chi connectivity index (χ2v) is 16.6. The highest BCUT2D eigenvalue weighted by molar-refractivity contribution is 7.55. The first-order chi connectivity index (χ1) is 13.3. The molecule has 7 nitrogen and oxygen atoms in total. The van der Waals surface area contributed by atoms with Crippen LogP contribution in [0.1, 0.15) is 61.8 Å². The van der Waals surface area contributed by atoms with Crippen LogP contribution in [0.2, 0.25) is 18.1 Å². The smallest absolute Gasteiger partial charge is 0.407 e. The third-order valence-corrected chi connectivity index (χ3v) is 11.3. The molecule has 0 aromatic heterocycles. The van der Waals surface area contributed by atoms with Gasteiger partial charge in [0.15, 0.2) is 8.32 Å². The van der Waals surface area contributed by atoms with Crippen molar-refractivity contribution in [2.45, 2.75) is 97.2 Å². The molecule has 0 aliphatic rings. The van der Waals surface area contributed by atoms with E-state index in [2.05, 4.69) is 5.32 Å². The summed E-state index contributed by atoms with van der Waals surface area (Å²) < 4.78 is 63.5. The Morgan fingerprint density at radius 2 is 1.50 bits per heavy atom. The van der Waals surface area contributed by atoms with Crippen LogP contribution in [0.25, 0.3) is 0 Å². The molecule has 0 spiro atoms. The second kappa shape index (κ2) is 10.9. The van der Waals surface area contributed by atoms with E-state index in [9.17, 15) is 18.1 Å². The van der Waals surface area contributed by atoms with E-state index in [0.29, 0.717) is 0 Å². The van der Waals surface area contributed by atoms with Gasteiger partial charge in [0.25, 0.3) is 0 Å². The van der Waals surface area contributed by atoms with Gasteiger partial charge in [-0.2, -0.15) is 8.78 Å². The van der Waals surface area contributed by atoms with E-state index in [-0.39, 0.29) is 24.9 Å². The molecule has 0 aromatic carbocycles. The van der Waals surface area contributed by atoms with Crippen LogP contribution in [0.4, 0.5) is 13.6 Å². The van der Waals surface area contributed by atoms with E-state index in [1.54, 1.807) is 20.8 Å². The molecular formula is C19H40F2NO6PSi. The number of nitrogens with one attached hydrogen (secondary N) is 1. The summed E-state index contributed by atoms with van der Waals surface area (Å²) in [5.41, 5.74) is -4.63. The van der Waals surface area contributed by atoms with Crippen LogP contribution >= 0.6 is 7.60 Å². The van der Waals surface area contributed by atoms with Gasteiger partial charge in [0.2, 0.25) is 0 Å². The minimum atomic E-state index is -4.73. The summed E-state index contributed by atoms with van der Waals surface area (Å²) in [6.07, 6.45) is -1.83. The van der Waals surface area contributed by atoms with E-state index in [0.717, 1.165) is 0 Å². The largest absolute Gasteiger partial charge is 0.444 e. The number of hydrogen-bond donors (Lipinski definition) is 1. The number of alkyl halides is 2. The number of carbonyl (C=O) groups is 1. The van der Waals surface area contributed by atoms with E-state index in [1.807, 2.05) is 33.9 Å². The quantitative estimate of drug-likeness (QED) is 0.285. The number of hydrogen-bond acceptors (Lipinski definition) is 6. The average molecular weight is 476 g/mol. The molecule has 0 aliphatic carbocycles. The van der Waals surface area contributed by atoms with Crippen LogP contribution in [0.3, 0.4) is 0 Å². The van der Waals surface area contributed by atoms with Crippen molar-refractivity contribution in [3.8, 4) is 0 Å². The Labute approximate surface area is 181 Å². The number of alkyl carbamates (subject to hydrolysis) is 1. The summed E-state index contributed by atoms with van der Waals surface area (Å²) in [6, 6.07) is -1.15. The molecule has 0 fully saturated rings. The van der Waals surface area contributed by atoms with E-state index >= 15 is 0 Å². The Hall–Kier alpha value is -0.543. The topological polar surface area (TPSA) is 83.1 Å². The van der Waals surface area contributed by atoms with Gasteiger partial charge in [-0.15, -0.1) is 0 Å². The maximum atomic E-state index is 15.0. The lowest BCUT2D eigenvalue weighted by Crippen LogP contribution is -2.48. The fraction of sp³-hybridized carbons (Fsp3) is 0.947. The Morgan fingerprint density at radius 3 is 1.87 bits per heavy atom. The Balaban J connectivity index is 5.65. The Bertz CT molecular complexity index is 595. The van der Waals surface area contributed by atoms with Crippen molar-refractivity contribution in [1.82, 2.24) is 5.32 Å². The van der Waals surface area contributed by atoms with Gasteiger partial charge in [-0.3, -0.25) is 4.57 Å². The van der Waals surface area contributed by atoms with Gasteiger partial charge in [-0.1, -0.05) is 20.8 Å². The molecule has 1 amide bonds. The zero-order chi connectivity index (χ0) is 24.0. The fourth-order valence-corrected chi connectivity index (χ4v) is 4.75. The van der Waals surface area contributed by atoms with Crippen LogP contribution in [0.5, 0.6) is 0 Å². The van der Waals surface area contributed by atoms with Crippen LogP contribution in [-0.4, -0.2) is 51.5 Å². The minimum Gasteiger partial charge on any atom is -0.444 e. The molecule has 0 heterocycles. The van der Waals surface area contributed by atoms with Gasteiger partial charge in [0.1, 0.15) is 5.60 Å². The number of ether oxygens (including phenoxy) is 1. The number of rotatable bonds is 11. The van der Waals surface area contributed by atoms with Crippen molar-refractivity contribution in [2.75, 3.05) is 19.8 Å². The van der Waals surface area contributed by atoms with Gasteiger partial charge in [-0.05, 0) is 52.8 Å². The minimum absolute atomic E-state index is 0.155. The number of halogens is 2. The lowest BCUT2D eigenvalue weighted by atomic mass is 10.2. The molecule has 1 atom stereocenters. The van der Waals surface area contributed by atoms with Gasteiger partial charge >= 0.3 is 19.4 Å². The Kier molecular flexibility index (Phi) is 10.7. The van der Waals surface area contributed by atoms with Gasteiger partial charge in [0.05, 0.1) is 25.9 Å². The summed E-state index contributed by atoms with van der Waals surface area (Å²) >= 11 is 0. The maximum absolute atomic E-state index is 15.0. The lowest BCUT2D eigenvalue weighted by molar-refractivity contribution is 0.0122. The van der Waals surface area contributed by atoms with Crippen molar-refractivity contribution in [3.05, 3.63) is 0 Å². The molecule has 0 aromatic rings. The van der Waals surface area contributed by atoms with Crippen LogP contribution in [-0.2, 0) is 22.8 Å². The average Bonchev–Trinajstić information content (AvgIpc) is 2.49. The van der Waals surface area contributed by atoms with Gasteiger partial charge in [0, 0.05) is 6.42 Å². The Morgan fingerprint density at radius 1 is 1.03 bits per heavy atom. The molecule has 0 radical (unpaired) electrons. The molecule has 0 bridgehead atoms. The van der Waals surface area contributed by atoms with Crippen LogP contribution in [0.15, 0.2) is 0 Å². The normalized spacial score (nSPS) is 15.1. The third kappa shape index (κ3) is 9.30. The first kappa shape index (κ1) is 29.5. The summed E-state index contributed by atoms with van der Waals surface area (Å²) in [6.45, 7) is 17.3. The predicted octanol–water partition coefficient (Wildman–Crippen LogP) is 6.15. The fourth-order valence-electron chi connectivity index (χ4n) is 2.13. The highest BCUT2D eigenvalue weighted by atomic mass is 31.2. The monoisotopic (exact) mass is 475 g/mol. The van der Waals surface area contributed by atoms with E-state index in [4.69, 9.17) is 18.2 Å². The van der Waals surface area contributed by atoms with E-state index < -0.39 is 45.7 Å². The van der Waals surface area contributed by atoms with Crippen molar-refractivity contribution in [1.29, 1.82) is 0 Å². The maximum Gasteiger partial charge on any atom is 0.407 e. The SMILES string of the molecule is CCOP(=O)(OCC)C(F)(F)C[C@@H](CO[Si](C)(C)C(C)(C)C)NC(=O)OC(C)(C)C. The van der Waals surface area contributed by atoms with Gasteiger partial charge < -0.3 is 23.5 Å². The van der Waals surface area contributed by atoms with Crippen molar-refractivity contribution in [2.24, 2.45) is 0 Å². The predicted molar refractivity (Wildman–Crippen MR) is 117 cm³/mol. The van der Waals surface area contributed by atoms with Gasteiger partial charge in [-0.25, -0.2) is 4.79 Å². The first-order valence-electron chi connectivity index (χ1n) is 10.2. The summed E-state index contributed by atoms with van der Waals surface area (Å²) in [5, 5.41) is 2.28. The number of amides is 1. The zero-order valence-electron chi connectivity index (χ0n) is 20.1. The second-order valence-electron chi connectivity index (χ2n) is 9.62. The molecule has 1 N–H and O–H groups in total. The summed E-state index contributed by atoms with van der Waals surface area (Å²) in [5.74, 6) is 0. The molecule has 11 heteroatoms. The molecular weight excluding hydrogens is 435 g/mol. The number of carbonyl (C=O) groups excluding carboxylic acids is 1. The highest BCUT2D eigenvalue weighted by Crippen LogP contribution is 2.63. The molecule has 0 aliphatic heterocycles.